The average Bonchev–Trinajstić information content (AvgIpc) is 3.15. The number of nitrogens with zero attached hydrogens (tertiary/aromatic N) is 3. The van der Waals surface area contributed by atoms with E-state index in [1.165, 1.54) is 12.8 Å². The summed E-state index contributed by atoms with van der Waals surface area (Å²) in [7, 11) is 1.89. The molecule has 0 aliphatic carbocycles. The van der Waals surface area contributed by atoms with Gasteiger partial charge in [-0.2, -0.15) is 0 Å². The number of anilines is 2. The highest BCUT2D eigenvalue weighted by molar-refractivity contribution is 5.97. The van der Waals surface area contributed by atoms with Crippen molar-refractivity contribution in [3.05, 3.63) is 18.3 Å². The highest BCUT2D eigenvalue weighted by atomic mass is 16.5. The molecule has 0 aromatic carbocycles. The first kappa shape index (κ1) is 17.2. The lowest BCUT2D eigenvalue weighted by atomic mass is 9.92. The molecule has 1 aromatic heterocycles. The molecular formula is C19H29N3O2. The summed E-state index contributed by atoms with van der Waals surface area (Å²) in [6.45, 7) is 4.92. The number of carbonyl (C=O) groups excluding carboxylic acids is 1. The van der Waals surface area contributed by atoms with Crippen molar-refractivity contribution in [3.8, 4) is 0 Å². The zero-order valence-electron chi connectivity index (χ0n) is 14.9. The molecule has 0 spiro atoms. The molecule has 2 aliphatic heterocycles. The first-order valence-corrected chi connectivity index (χ1v) is 9.29. The van der Waals surface area contributed by atoms with Crippen molar-refractivity contribution >= 4 is 17.4 Å². The van der Waals surface area contributed by atoms with E-state index in [1.54, 1.807) is 0 Å². The van der Waals surface area contributed by atoms with Gasteiger partial charge in [0.2, 0.25) is 5.91 Å². The third-order valence-electron chi connectivity index (χ3n) is 5.19. The van der Waals surface area contributed by atoms with Gasteiger partial charge in [-0.05, 0) is 44.2 Å². The summed E-state index contributed by atoms with van der Waals surface area (Å²) < 4.78 is 5.80. The van der Waals surface area contributed by atoms with Crippen LogP contribution >= 0.6 is 0 Å². The molecule has 1 amide bonds. The van der Waals surface area contributed by atoms with Crippen molar-refractivity contribution in [1.29, 1.82) is 0 Å². The first-order valence-electron chi connectivity index (χ1n) is 9.29. The Kier molecular flexibility index (Phi) is 5.72. The van der Waals surface area contributed by atoms with Gasteiger partial charge < -0.3 is 14.5 Å². The second-order valence-corrected chi connectivity index (χ2v) is 6.94. The molecular weight excluding hydrogens is 302 g/mol. The molecule has 0 bridgehead atoms. The van der Waals surface area contributed by atoms with Gasteiger partial charge in [-0.25, -0.2) is 4.98 Å². The molecule has 132 valence electrons. The Morgan fingerprint density at radius 3 is 2.96 bits per heavy atom. The molecule has 24 heavy (non-hydrogen) atoms. The van der Waals surface area contributed by atoms with E-state index in [0.717, 1.165) is 50.3 Å². The highest BCUT2D eigenvalue weighted by Gasteiger charge is 2.31. The number of aromatic nitrogens is 1. The summed E-state index contributed by atoms with van der Waals surface area (Å²) in [5.41, 5.74) is 0.933. The van der Waals surface area contributed by atoms with Crippen LogP contribution in [0, 0.1) is 5.92 Å². The van der Waals surface area contributed by atoms with Gasteiger partial charge >= 0.3 is 0 Å². The molecule has 1 aromatic rings. The second-order valence-electron chi connectivity index (χ2n) is 6.94. The smallest absolute Gasteiger partial charge is 0.230 e. The molecule has 5 nitrogen and oxygen atoms in total. The summed E-state index contributed by atoms with van der Waals surface area (Å²) in [4.78, 5) is 21.7. The van der Waals surface area contributed by atoms with Crippen LogP contribution in [0.15, 0.2) is 18.3 Å². The summed E-state index contributed by atoms with van der Waals surface area (Å²) >= 11 is 0. The molecule has 2 fully saturated rings. The average molecular weight is 331 g/mol. The van der Waals surface area contributed by atoms with Crippen LogP contribution in [0.25, 0.3) is 0 Å². The van der Waals surface area contributed by atoms with Crippen LogP contribution < -0.4 is 9.80 Å². The van der Waals surface area contributed by atoms with Crippen LogP contribution in [0.1, 0.15) is 45.4 Å². The Hall–Kier alpha value is -1.62. The molecule has 3 rings (SSSR count). The third-order valence-corrected chi connectivity index (χ3v) is 5.19. The van der Waals surface area contributed by atoms with Crippen molar-refractivity contribution < 1.29 is 9.53 Å². The number of pyridine rings is 1. The fourth-order valence-corrected chi connectivity index (χ4v) is 3.84. The molecule has 2 atom stereocenters. The van der Waals surface area contributed by atoms with Gasteiger partial charge in [-0.1, -0.05) is 13.3 Å². The lowest BCUT2D eigenvalue weighted by molar-refractivity contribution is -0.127. The van der Waals surface area contributed by atoms with Crippen molar-refractivity contribution in [2.45, 2.75) is 51.6 Å². The Labute approximate surface area is 145 Å². The van der Waals surface area contributed by atoms with E-state index in [-0.39, 0.29) is 17.9 Å². The molecule has 0 saturated carbocycles. The molecule has 5 heteroatoms. The molecule has 0 radical (unpaired) electrons. The maximum Gasteiger partial charge on any atom is 0.230 e. The van der Waals surface area contributed by atoms with Gasteiger partial charge in [0.1, 0.15) is 0 Å². The van der Waals surface area contributed by atoms with Crippen LogP contribution in [-0.4, -0.2) is 43.7 Å². The van der Waals surface area contributed by atoms with Gasteiger partial charge in [0.25, 0.3) is 0 Å². The summed E-state index contributed by atoms with van der Waals surface area (Å²) in [5.74, 6) is 1.21. The van der Waals surface area contributed by atoms with Crippen molar-refractivity contribution in [2.75, 3.05) is 36.5 Å². The SMILES string of the molecule is CCC[C@@H]1C[C@@H](C(=O)N(C)c2cccnc2N2CCCC2)CCO1. The number of carbonyl (C=O) groups is 1. The number of amides is 1. The van der Waals surface area contributed by atoms with E-state index < -0.39 is 0 Å². The first-order chi connectivity index (χ1) is 11.7. The van der Waals surface area contributed by atoms with Crippen LogP contribution in [0.3, 0.4) is 0 Å². The normalized spacial score (nSPS) is 24.2. The van der Waals surface area contributed by atoms with E-state index in [2.05, 4.69) is 16.8 Å². The van der Waals surface area contributed by atoms with E-state index in [4.69, 9.17) is 4.74 Å². The molecule has 0 N–H and O–H groups in total. The quantitative estimate of drug-likeness (QED) is 0.831. The Balaban J connectivity index is 1.73. The van der Waals surface area contributed by atoms with Gasteiger partial charge in [-0.3, -0.25) is 4.79 Å². The zero-order valence-corrected chi connectivity index (χ0v) is 14.9. The van der Waals surface area contributed by atoms with Crippen LogP contribution in [-0.2, 0) is 9.53 Å². The topological polar surface area (TPSA) is 45.7 Å². The van der Waals surface area contributed by atoms with E-state index in [1.807, 2.05) is 30.3 Å². The number of hydrogen-bond donors (Lipinski definition) is 0. The predicted molar refractivity (Wildman–Crippen MR) is 96.5 cm³/mol. The summed E-state index contributed by atoms with van der Waals surface area (Å²) in [6.07, 6.45) is 8.26. The summed E-state index contributed by atoms with van der Waals surface area (Å²) in [6, 6.07) is 3.93. The van der Waals surface area contributed by atoms with Crippen LogP contribution in [0.2, 0.25) is 0 Å². The minimum Gasteiger partial charge on any atom is -0.378 e. The zero-order chi connectivity index (χ0) is 16.9. The van der Waals surface area contributed by atoms with E-state index in [0.29, 0.717) is 6.61 Å². The Morgan fingerprint density at radius 2 is 2.21 bits per heavy atom. The van der Waals surface area contributed by atoms with Crippen LogP contribution in [0.4, 0.5) is 11.5 Å². The highest BCUT2D eigenvalue weighted by Crippen LogP contribution is 2.32. The fourth-order valence-electron chi connectivity index (χ4n) is 3.84. The number of rotatable bonds is 5. The Bertz CT molecular complexity index is 555. The lowest BCUT2D eigenvalue weighted by Gasteiger charge is -2.32. The third kappa shape index (κ3) is 3.72. The molecule has 2 aliphatic rings. The molecule has 3 heterocycles. The van der Waals surface area contributed by atoms with E-state index in [9.17, 15) is 4.79 Å². The lowest BCUT2D eigenvalue weighted by Crippen LogP contribution is -2.39. The monoisotopic (exact) mass is 331 g/mol. The van der Waals surface area contributed by atoms with Crippen molar-refractivity contribution in [1.82, 2.24) is 4.98 Å². The molecule has 2 saturated heterocycles. The minimum atomic E-state index is 0.0620. The fraction of sp³-hybridized carbons (Fsp3) is 0.684. The van der Waals surface area contributed by atoms with Crippen LogP contribution in [0.5, 0.6) is 0 Å². The van der Waals surface area contributed by atoms with E-state index >= 15 is 0 Å². The standard InChI is InChI=1S/C19H29N3O2/c1-3-7-16-14-15(9-13-24-16)19(23)21(2)17-8-6-10-20-18(17)22-11-4-5-12-22/h6,8,10,15-16H,3-5,7,9,11-14H2,1-2H3/t15-,16+/m0/s1. The maximum atomic E-state index is 13.0. The maximum absolute atomic E-state index is 13.0. The summed E-state index contributed by atoms with van der Waals surface area (Å²) in [5, 5.41) is 0. The Morgan fingerprint density at radius 1 is 1.42 bits per heavy atom. The van der Waals surface area contributed by atoms with Crippen molar-refractivity contribution in [3.63, 3.8) is 0 Å². The number of hydrogen-bond acceptors (Lipinski definition) is 4. The van der Waals surface area contributed by atoms with Gasteiger partial charge in [0, 0.05) is 38.9 Å². The van der Waals surface area contributed by atoms with Gasteiger partial charge in [0.15, 0.2) is 5.82 Å². The number of ether oxygens (including phenoxy) is 1. The van der Waals surface area contributed by atoms with Gasteiger partial charge in [-0.15, -0.1) is 0 Å². The minimum absolute atomic E-state index is 0.0620. The molecule has 0 unspecified atom stereocenters. The largest absolute Gasteiger partial charge is 0.378 e. The van der Waals surface area contributed by atoms with Gasteiger partial charge in [0.05, 0.1) is 11.8 Å². The van der Waals surface area contributed by atoms with Crippen molar-refractivity contribution in [2.24, 2.45) is 5.92 Å². The second kappa shape index (κ2) is 7.97. The predicted octanol–water partition coefficient (Wildman–Crippen LogP) is 3.24.